The van der Waals surface area contributed by atoms with Crippen LogP contribution in [0.2, 0.25) is 10.0 Å². The normalized spacial score (nSPS) is 11.3. The largest absolute Gasteiger partial charge is 0.490 e. The lowest BCUT2D eigenvalue weighted by molar-refractivity contribution is 0.271. The van der Waals surface area contributed by atoms with Gasteiger partial charge in [0.25, 0.3) is 0 Å². The average Bonchev–Trinajstić information content (AvgIpc) is 2.50. The molecular weight excluding hydrogens is 343 g/mol. The number of anilines is 1. The number of rotatable bonds is 6. The maximum absolute atomic E-state index is 6.26. The summed E-state index contributed by atoms with van der Waals surface area (Å²) in [6.45, 7) is 8.86. The number of nitrogens with zero attached hydrogens (tertiary/aromatic N) is 1. The van der Waals surface area contributed by atoms with Gasteiger partial charge in [0, 0.05) is 0 Å². The minimum Gasteiger partial charge on any atom is -0.490 e. The predicted molar refractivity (Wildman–Crippen MR) is 104 cm³/mol. The van der Waals surface area contributed by atoms with Crippen molar-refractivity contribution in [2.75, 3.05) is 12.0 Å². The molecule has 0 fully saturated rings. The zero-order valence-corrected chi connectivity index (χ0v) is 15.9. The van der Waals surface area contributed by atoms with Crippen LogP contribution in [0.25, 0.3) is 0 Å². The molecule has 24 heavy (non-hydrogen) atoms. The number of hydrogen-bond donors (Lipinski definition) is 1. The van der Waals surface area contributed by atoms with Crippen molar-refractivity contribution in [1.82, 2.24) is 0 Å². The Morgan fingerprint density at radius 2 is 1.75 bits per heavy atom. The lowest BCUT2D eigenvalue weighted by Crippen LogP contribution is -2.05. The van der Waals surface area contributed by atoms with Crippen LogP contribution in [0.3, 0.4) is 0 Å². The van der Waals surface area contributed by atoms with Gasteiger partial charge in [0.15, 0.2) is 5.75 Å². The Hall–Kier alpha value is -1.71. The van der Waals surface area contributed by atoms with Crippen LogP contribution in [-0.2, 0) is 0 Å². The molecule has 1 N–H and O–H groups in total. The monoisotopic (exact) mass is 364 g/mol. The van der Waals surface area contributed by atoms with Gasteiger partial charge in [-0.1, -0.05) is 43.1 Å². The Bertz CT molecular complexity index is 719. The summed E-state index contributed by atoms with van der Waals surface area (Å²) < 4.78 is 5.66. The first-order chi connectivity index (χ1) is 11.4. The van der Waals surface area contributed by atoms with Gasteiger partial charge in [-0.3, -0.25) is 5.43 Å². The molecule has 0 aliphatic rings. The van der Waals surface area contributed by atoms with E-state index in [1.165, 1.54) is 11.1 Å². The van der Waals surface area contributed by atoms with Gasteiger partial charge in [0.2, 0.25) is 0 Å². The van der Waals surface area contributed by atoms with Crippen LogP contribution in [0.5, 0.6) is 5.75 Å². The summed E-state index contributed by atoms with van der Waals surface area (Å²) in [5.41, 5.74) is 7.21. The molecule has 0 saturated carbocycles. The predicted octanol–water partition coefficient (Wildman–Crippen LogP) is 6.09. The van der Waals surface area contributed by atoms with Crippen LogP contribution >= 0.6 is 23.2 Å². The van der Waals surface area contributed by atoms with Gasteiger partial charge in [0.1, 0.15) is 0 Å². The molecule has 0 heterocycles. The van der Waals surface area contributed by atoms with Crippen molar-refractivity contribution in [2.24, 2.45) is 11.0 Å². The van der Waals surface area contributed by atoms with E-state index in [0.717, 1.165) is 11.3 Å². The van der Waals surface area contributed by atoms with E-state index in [0.29, 0.717) is 28.3 Å². The summed E-state index contributed by atoms with van der Waals surface area (Å²) in [6, 6.07) is 9.67. The molecule has 2 aromatic rings. The first kappa shape index (κ1) is 18.6. The van der Waals surface area contributed by atoms with E-state index >= 15 is 0 Å². The summed E-state index contributed by atoms with van der Waals surface area (Å²) in [7, 11) is 0. The van der Waals surface area contributed by atoms with Gasteiger partial charge in [-0.05, 0) is 60.7 Å². The summed E-state index contributed by atoms with van der Waals surface area (Å²) in [5.74, 6) is 0.923. The molecule has 2 aromatic carbocycles. The van der Waals surface area contributed by atoms with Crippen LogP contribution in [0.4, 0.5) is 5.69 Å². The fraction of sp³-hybridized carbons (Fsp3) is 0.316. The number of hydrogen-bond acceptors (Lipinski definition) is 3. The van der Waals surface area contributed by atoms with Gasteiger partial charge in [-0.2, -0.15) is 5.10 Å². The third kappa shape index (κ3) is 5.15. The molecular formula is C19H22Cl2N2O. The average molecular weight is 365 g/mol. The van der Waals surface area contributed by atoms with Crippen molar-refractivity contribution in [3.05, 3.63) is 57.1 Å². The lowest BCUT2D eigenvalue weighted by atomic mass is 10.1. The van der Waals surface area contributed by atoms with E-state index in [9.17, 15) is 0 Å². The smallest absolute Gasteiger partial charge is 0.156 e. The van der Waals surface area contributed by atoms with Gasteiger partial charge in [0.05, 0.1) is 28.6 Å². The van der Waals surface area contributed by atoms with E-state index in [1.54, 1.807) is 18.3 Å². The Balaban J connectivity index is 2.08. The molecule has 0 amide bonds. The molecule has 0 radical (unpaired) electrons. The highest BCUT2D eigenvalue weighted by Gasteiger charge is 2.10. The minimum absolute atomic E-state index is 0.403. The van der Waals surface area contributed by atoms with Crippen molar-refractivity contribution in [1.29, 1.82) is 0 Å². The maximum Gasteiger partial charge on any atom is 0.156 e. The molecule has 128 valence electrons. The zero-order chi connectivity index (χ0) is 17.7. The molecule has 3 nitrogen and oxygen atoms in total. The Labute approximate surface area is 153 Å². The van der Waals surface area contributed by atoms with E-state index in [2.05, 4.69) is 50.4 Å². The number of ether oxygens (including phenoxy) is 1. The molecule has 5 heteroatoms. The van der Waals surface area contributed by atoms with Crippen LogP contribution in [0, 0.1) is 19.8 Å². The molecule has 0 saturated heterocycles. The second-order valence-electron chi connectivity index (χ2n) is 6.19. The quantitative estimate of drug-likeness (QED) is 0.496. The summed E-state index contributed by atoms with van der Waals surface area (Å²) in [6.07, 6.45) is 1.68. The number of halogens is 2. The number of nitrogens with one attached hydrogen (secondary N) is 1. The van der Waals surface area contributed by atoms with Crippen molar-refractivity contribution < 1.29 is 4.74 Å². The van der Waals surface area contributed by atoms with Crippen LogP contribution in [0.1, 0.15) is 30.5 Å². The lowest BCUT2D eigenvalue weighted by Gasteiger charge is -2.12. The standard InChI is InChI=1S/C19H22Cl2N2O/c1-12(2)11-24-19-17(20)8-15(9-18(19)21)10-22-23-16-6-5-13(3)14(4)7-16/h5-10,12,23H,11H2,1-4H3/b22-10+. The highest BCUT2D eigenvalue weighted by atomic mass is 35.5. The van der Waals surface area contributed by atoms with Crippen molar-refractivity contribution in [3.63, 3.8) is 0 Å². The minimum atomic E-state index is 0.403. The Morgan fingerprint density at radius 1 is 1.08 bits per heavy atom. The molecule has 0 aromatic heterocycles. The van der Waals surface area contributed by atoms with E-state index < -0.39 is 0 Å². The number of aryl methyl sites for hydroxylation is 2. The molecule has 0 spiro atoms. The van der Waals surface area contributed by atoms with E-state index in [-0.39, 0.29) is 0 Å². The topological polar surface area (TPSA) is 33.6 Å². The molecule has 0 bridgehead atoms. The fourth-order valence-electron chi connectivity index (χ4n) is 2.03. The molecule has 0 aliphatic heterocycles. The van der Waals surface area contributed by atoms with Gasteiger partial charge in [-0.15, -0.1) is 0 Å². The number of benzene rings is 2. The summed E-state index contributed by atoms with van der Waals surface area (Å²) in [5, 5.41) is 5.20. The molecule has 0 unspecified atom stereocenters. The SMILES string of the molecule is Cc1ccc(N/N=C/c2cc(Cl)c(OCC(C)C)c(Cl)c2)cc1C. The summed E-state index contributed by atoms with van der Waals surface area (Å²) in [4.78, 5) is 0. The highest BCUT2D eigenvalue weighted by Crippen LogP contribution is 2.34. The second kappa shape index (κ2) is 8.41. The number of hydrazone groups is 1. The molecule has 0 atom stereocenters. The first-order valence-corrected chi connectivity index (χ1v) is 8.60. The van der Waals surface area contributed by atoms with Crippen LogP contribution in [-0.4, -0.2) is 12.8 Å². The fourth-order valence-corrected chi connectivity index (χ4v) is 2.65. The second-order valence-corrected chi connectivity index (χ2v) is 7.00. The highest BCUT2D eigenvalue weighted by molar-refractivity contribution is 6.37. The molecule has 0 aliphatic carbocycles. The first-order valence-electron chi connectivity index (χ1n) is 7.85. The van der Waals surface area contributed by atoms with Crippen molar-refractivity contribution in [3.8, 4) is 5.75 Å². The van der Waals surface area contributed by atoms with Crippen LogP contribution < -0.4 is 10.2 Å². The van der Waals surface area contributed by atoms with Crippen molar-refractivity contribution >= 4 is 35.1 Å². The third-order valence-corrected chi connectivity index (χ3v) is 4.06. The Morgan fingerprint density at radius 3 is 2.33 bits per heavy atom. The summed E-state index contributed by atoms with van der Waals surface area (Å²) >= 11 is 12.5. The van der Waals surface area contributed by atoms with Gasteiger partial charge in [-0.25, -0.2) is 0 Å². The third-order valence-electron chi connectivity index (χ3n) is 3.50. The zero-order valence-electron chi connectivity index (χ0n) is 14.4. The van der Waals surface area contributed by atoms with Gasteiger partial charge >= 0.3 is 0 Å². The van der Waals surface area contributed by atoms with Crippen molar-refractivity contribution in [2.45, 2.75) is 27.7 Å². The van der Waals surface area contributed by atoms with E-state index in [4.69, 9.17) is 27.9 Å². The maximum atomic E-state index is 6.26. The molecule has 2 rings (SSSR count). The van der Waals surface area contributed by atoms with Gasteiger partial charge < -0.3 is 4.74 Å². The van der Waals surface area contributed by atoms with Crippen LogP contribution in [0.15, 0.2) is 35.4 Å². The van der Waals surface area contributed by atoms with E-state index in [1.807, 2.05) is 6.07 Å². The Kier molecular flexibility index (Phi) is 6.52.